The van der Waals surface area contributed by atoms with Gasteiger partial charge in [-0.15, -0.1) is 0 Å². The summed E-state index contributed by atoms with van der Waals surface area (Å²) >= 11 is 0. The fraction of sp³-hybridized carbons (Fsp3) is 0.579. The summed E-state index contributed by atoms with van der Waals surface area (Å²) in [5, 5.41) is 3.10. The first kappa shape index (κ1) is 14.7. The van der Waals surface area contributed by atoms with Crippen molar-refractivity contribution in [3.63, 3.8) is 0 Å². The lowest BCUT2D eigenvalue weighted by molar-refractivity contribution is -0.124. The number of hydrogen-bond acceptors (Lipinski definition) is 2. The smallest absolute Gasteiger partial charge is 0.223 e. The minimum absolute atomic E-state index is 0.248. The van der Waals surface area contributed by atoms with E-state index in [9.17, 15) is 4.79 Å². The van der Waals surface area contributed by atoms with E-state index in [2.05, 4.69) is 35.1 Å². The van der Waals surface area contributed by atoms with E-state index in [0.29, 0.717) is 5.92 Å². The molecule has 1 aromatic carbocycles. The predicted octanol–water partition coefficient (Wildman–Crippen LogP) is 3.30. The largest absolute Gasteiger partial charge is 0.356 e. The van der Waals surface area contributed by atoms with Crippen LogP contribution in [0.15, 0.2) is 18.2 Å². The van der Waals surface area contributed by atoms with E-state index in [1.807, 2.05) is 0 Å². The fourth-order valence-corrected chi connectivity index (χ4v) is 3.79. The van der Waals surface area contributed by atoms with Crippen molar-refractivity contribution >= 4 is 16.9 Å². The van der Waals surface area contributed by atoms with E-state index in [1.165, 1.54) is 42.6 Å². The lowest BCUT2D eigenvalue weighted by atomic mass is 10.1. The average Bonchev–Trinajstić information content (AvgIpc) is 3.13. The van der Waals surface area contributed by atoms with Crippen molar-refractivity contribution in [1.82, 2.24) is 14.9 Å². The minimum atomic E-state index is 0.248. The van der Waals surface area contributed by atoms with Gasteiger partial charge in [-0.05, 0) is 49.8 Å². The topological polar surface area (TPSA) is 46.9 Å². The highest BCUT2D eigenvalue weighted by atomic mass is 16.1. The summed E-state index contributed by atoms with van der Waals surface area (Å²) in [5.74, 6) is 2.40. The molecule has 0 spiro atoms. The molecule has 1 aromatic heterocycles. The predicted molar refractivity (Wildman–Crippen MR) is 91.4 cm³/mol. The van der Waals surface area contributed by atoms with Gasteiger partial charge in [0.1, 0.15) is 5.82 Å². The maximum atomic E-state index is 12.1. The first-order valence-electron chi connectivity index (χ1n) is 8.95. The van der Waals surface area contributed by atoms with Gasteiger partial charge >= 0.3 is 0 Å². The second-order valence-electron chi connectivity index (χ2n) is 7.15. The van der Waals surface area contributed by atoms with Crippen LogP contribution >= 0.6 is 0 Å². The quantitative estimate of drug-likeness (QED) is 0.921. The first-order chi connectivity index (χ1) is 11.2. The van der Waals surface area contributed by atoms with E-state index < -0.39 is 0 Å². The number of nitrogens with one attached hydrogen (secondary N) is 1. The van der Waals surface area contributed by atoms with Gasteiger partial charge in [0.05, 0.1) is 11.0 Å². The Morgan fingerprint density at radius 1 is 1.26 bits per heavy atom. The molecule has 0 saturated heterocycles. The number of aryl methyl sites for hydroxylation is 1. The lowest BCUT2D eigenvalue weighted by Crippen LogP contribution is -2.30. The van der Waals surface area contributed by atoms with Crippen LogP contribution in [-0.2, 0) is 18.3 Å². The molecule has 0 atom stereocenters. The van der Waals surface area contributed by atoms with Crippen LogP contribution in [0.4, 0.5) is 0 Å². The van der Waals surface area contributed by atoms with E-state index in [4.69, 9.17) is 4.98 Å². The molecule has 0 aliphatic heterocycles. The molecule has 0 radical (unpaired) electrons. The van der Waals surface area contributed by atoms with Crippen molar-refractivity contribution in [3.05, 3.63) is 29.6 Å². The summed E-state index contributed by atoms with van der Waals surface area (Å²) < 4.78 is 2.23. The third kappa shape index (κ3) is 2.99. The zero-order chi connectivity index (χ0) is 15.8. The number of imidazole rings is 1. The molecular weight excluding hydrogens is 286 g/mol. The van der Waals surface area contributed by atoms with Crippen LogP contribution in [0.3, 0.4) is 0 Å². The molecule has 2 aliphatic carbocycles. The van der Waals surface area contributed by atoms with Crippen LogP contribution < -0.4 is 5.32 Å². The molecule has 1 N–H and O–H groups in total. The Balaban J connectivity index is 1.40. The highest BCUT2D eigenvalue weighted by Gasteiger charge is 2.28. The van der Waals surface area contributed by atoms with Crippen molar-refractivity contribution in [2.45, 2.75) is 50.9 Å². The maximum Gasteiger partial charge on any atom is 0.223 e. The van der Waals surface area contributed by atoms with Gasteiger partial charge < -0.3 is 9.88 Å². The number of aromatic nitrogens is 2. The molecule has 1 heterocycles. The summed E-state index contributed by atoms with van der Waals surface area (Å²) in [6, 6.07) is 6.52. The van der Waals surface area contributed by atoms with Crippen LogP contribution in [0.2, 0.25) is 0 Å². The van der Waals surface area contributed by atoms with Crippen LogP contribution in [0.1, 0.15) is 55.8 Å². The summed E-state index contributed by atoms with van der Waals surface area (Å²) in [5.41, 5.74) is 3.56. The molecule has 2 aliphatic rings. The zero-order valence-corrected chi connectivity index (χ0v) is 13.8. The Morgan fingerprint density at radius 2 is 2.04 bits per heavy atom. The third-order valence-corrected chi connectivity index (χ3v) is 5.36. The van der Waals surface area contributed by atoms with Gasteiger partial charge in [0.25, 0.3) is 0 Å². The van der Waals surface area contributed by atoms with Crippen molar-refractivity contribution in [2.24, 2.45) is 13.0 Å². The van der Waals surface area contributed by atoms with Crippen LogP contribution in [0.25, 0.3) is 11.0 Å². The van der Waals surface area contributed by atoms with Gasteiger partial charge in [0.2, 0.25) is 5.91 Å². The SMILES string of the molecule is Cn1c(C2CC2)nc2cc(CCNC(=O)C3CCCC3)ccc21. The monoisotopic (exact) mass is 311 g/mol. The molecule has 23 heavy (non-hydrogen) atoms. The lowest BCUT2D eigenvalue weighted by Gasteiger charge is -2.10. The van der Waals surface area contributed by atoms with Crippen LogP contribution in [-0.4, -0.2) is 22.0 Å². The van der Waals surface area contributed by atoms with Crippen LogP contribution in [0, 0.1) is 5.92 Å². The van der Waals surface area contributed by atoms with E-state index in [-0.39, 0.29) is 11.8 Å². The number of amides is 1. The molecule has 0 bridgehead atoms. The highest BCUT2D eigenvalue weighted by molar-refractivity contribution is 5.79. The molecule has 4 nitrogen and oxygen atoms in total. The summed E-state index contributed by atoms with van der Waals surface area (Å²) in [7, 11) is 2.12. The number of carbonyl (C=O) groups excluding carboxylic acids is 1. The number of fused-ring (bicyclic) bond motifs is 1. The van der Waals surface area contributed by atoms with Crippen molar-refractivity contribution < 1.29 is 4.79 Å². The van der Waals surface area contributed by atoms with Gasteiger partial charge in [0.15, 0.2) is 0 Å². The van der Waals surface area contributed by atoms with E-state index >= 15 is 0 Å². The normalized spacial score (nSPS) is 18.7. The molecule has 122 valence electrons. The Kier molecular flexibility index (Phi) is 3.83. The number of nitrogens with zero attached hydrogens (tertiary/aromatic N) is 2. The number of benzene rings is 1. The summed E-state index contributed by atoms with van der Waals surface area (Å²) in [6.45, 7) is 0.725. The first-order valence-corrected chi connectivity index (χ1v) is 8.95. The van der Waals surface area contributed by atoms with Gasteiger partial charge in [-0.1, -0.05) is 18.9 Å². The van der Waals surface area contributed by atoms with Gasteiger partial charge in [-0.25, -0.2) is 4.98 Å². The molecule has 2 aromatic rings. The third-order valence-electron chi connectivity index (χ3n) is 5.36. The van der Waals surface area contributed by atoms with Gasteiger partial charge in [-0.3, -0.25) is 4.79 Å². The minimum Gasteiger partial charge on any atom is -0.356 e. The van der Waals surface area contributed by atoms with E-state index in [1.54, 1.807) is 0 Å². The number of carbonyl (C=O) groups is 1. The summed E-state index contributed by atoms with van der Waals surface area (Å²) in [4.78, 5) is 16.9. The van der Waals surface area contributed by atoms with E-state index in [0.717, 1.165) is 31.3 Å². The molecule has 2 fully saturated rings. The highest BCUT2D eigenvalue weighted by Crippen LogP contribution is 2.40. The van der Waals surface area contributed by atoms with Crippen molar-refractivity contribution in [1.29, 1.82) is 0 Å². The fourth-order valence-electron chi connectivity index (χ4n) is 3.79. The molecule has 2 saturated carbocycles. The maximum absolute atomic E-state index is 12.1. The number of rotatable bonds is 5. The second-order valence-corrected chi connectivity index (χ2v) is 7.15. The summed E-state index contributed by atoms with van der Waals surface area (Å²) in [6.07, 6.45) is 7.97. The molecule has 0 unspecified atom stereocenters. The van der Waals surface area contributed by atoms with Crippen molar-refractivity contribution in [2.75, 3.05) is 6.54 Å². The van der Waals surface area contributed by atoms with Crippen molar-refractivity contribution in [3.8, 4) is 0 Å². The Labute approximate surface area is 137 Å². The molecule has 4 rings (SSSR count). The second kappa shape index (κ2) is 5.99. The molecular formula is C19H25N3O. The Bertz CT molecular complexity index is 724. The Hall–Kier alpha value is -1.84. The van der Waals surface area contributed by atoms with Crippen LogP contribution in [0.5, 0.6) is 0 Å². The molecule has 4 heteroatoms. The Morgan fingerprint density at radius 3 is 2.78 bits per heavy atom. The standard InChI is InChI=1S/C19H25N3O/c1-22-17-9-6-13(12-16(17)21-18(22)14-7-8-14)10-11-20-19(23)15-4-2-3-5-15/h6,9,12,14-15H,2-5,7-8,10-11H2,1H3,(H,20,23). The molecule has 1 amide bonds. The zero-order valence-electron chi connectivity index (χ0n) is 13.8. The van der Waals surface area contributed by atoms with Gasteiger partial charge in [-0.2, -0.15) is 0 Å². The number of hydrogen-bond donors (Lipinski definition) is 1. The van der Waals surface area contributed by atoms with Gasteiger partial charge in [0, 0.05) is 25.4 Å². The average molecular weight is 311 g/mol.